The minimum absolute atomic E-state index is 0.0195. The molecule has 0 amide bonds. The fraction of sp³-hybridized carbons (Fsp3) is 0.0455. The Balaban J connectivity index is 2.08. The number of nitro groups is 1. The fourth-order valence-corrected chi connectivity index (χ4v) is 3.22. The molecule has 1 N–H and O–H groups in total. The van der Waals surface area contributed by atoms with Gasteiger partial charge in [-0.25, -0.2) is 0 Å². The van der Waals surface area contributed by atoms with E-state index < -0.39 is 4.92 Å². The van der Waals surface area contributed by atoms with Gasteiger partial charge in [-0.3, -0.25) is 14.9 Å². The molecule has 0 unspecified atom stereocenters. The molecule has 4 rings (SSSR count). The summed E-state index contributed by atoms with van der Waals surface area (Å²) in [7, 11) is 0. The van der Waals surface area contributed by atoms with Crippen LogP contribution in [0.25, 0.3) is 33.4 Å². The molecule has 0 fully saturated rings. The summed E-state index contributed by atoms with van der Waals surface area (Å²) in [6.07, 6.45) is 0. The van der Waals surface area contributed by atoms with E-state index in [4.69, 9.17) is 4.42 Å². The van der Waals surface area contributed by atoms with Crippen molar-refractivity contribution in [1.82, 2.24) is 0 Å². The Bertz CT molecular complexity index is 1270. The third-order valence-corrected chi connectivity index (χ3v) is 4.63. The summed E-state index contributed by atoms with van der Waals surface area (Å²) in [6.45, 7) is 1.90. The molecule has 0 aliphatic rings. The smallest absolute Gasteiger partial charge is 0.269 e. The normalized spacial score (nSPS) is 10.9. The lowest BCUT2D eigenvalue weighted by Crippen LogP contribution is -2.08. The number of phenolic OH excluding ortho intramolecular Hbond substituents is 1. The number of phenols is 1. The minimum Gasteiger partial charge on any atom is -0.508 e. The van der Waals surface area contributed by atoms with Crippen LogP contribution in [0.5, 0.6) is 5.75 Å². The van der Waals surface area contributed by atoms with Crippen LogP contribution in [-0.2, 0) is 0 Å². The van der Waals surface area contributed by atoms with E-state index in [9.17, 15) is 20.0 Å². The van der Waals surface area contributed by atoms with E-state index in [2.05, 4.69) is 0 Å². The van der Waals surface area contributed by atoms with E-state index in [1.54, 1.807) is 12.1 Å². The van der Waals surface area contributed by atoms with Gasteiger partial charge in [0.1, 0.15) is 17.1 Å². The molecule has 6 nitrogen and oxygen atoms in total. The van der Waals surface area contributed by atoms with Gasteiger partial charge in [-0.15, -0.1) is 0 Å². The first-order chi connectivity index (χ1) is 13.5. The number of aryl methyl sites for hydroxylation is 1. The molecule has 6 heteroatoms. The summed E-state index contributed by atoms with van der Waals surface area (Å²) in [5, 5.41) is 21.1. The van der Waals surface area contributed by atoms with Crippen molar-refractivity contribution < 1.29 is 14.4 Å². The van der Waals surface area contributed by atoms with Crippen LogP contribution in [0.4, 0.5) is 5.69 Å². The molecule has 138 valence electrons. The van der Waals surface area contributed by atoms with Crippen molar-refractivity contribution in [3.05, 3.63) is 92.6 Å². The number of nitrogens with zero attached hydrogens (tertiary/aromatic N) is 1. The number of hydrogen-bond donors (Lipinski definition) is 1. The Hall–Kier alpha value is -3.93. The molecule has 0 atom stereocenters. The highest BCUT2D eigenvalue weighted by Crippen LogP contribution is 2.35. The quantitative estimate of drug-likeness (QED) is 0.401. The summed E-state index contributed by atoms with van der Waals surface area (Å²) >= 11 is 0. The van der Waals surface area contributed by atoms with E-state index >= 15 is 0 Å². The molecule has 0 bridgehead atoms. The van der Waals surface area contributed by atoms with Gasteiger partial charge in [0, 0.05) is 23.8 Å². The lowest BCUT2D eigenvalue weighted by molar-refractivity contribution is -0.384. The summed E-state index contributed by atoms with van der Waals surface area (Å²) < 4.78 is 6.02. The predicted molar refractivity (Wildman–Crippen MR) is 106 cm³/mol. The standard InChI is InChI=1S/C22H15NO5/c1-13-4-2-3-5-17(13)20-21(25)18-11-10-16(24)12-19(18)28-22(20)14-6-8-15(9-7-14)23(26)27/h2-12,24H,1H3. The Morgan fingerprint density at radius 1 is 1.00 bits per heavy atom. The van der Waals surface area contributed by atoms with Crippen molar-refractivity contribution in [2.75, 3.05) is 0 Å². The number of non-ortho nitro benzene ring substituents is 1. The van der Waals surface area contributed by atoms with Crippen molar-refractivity contribution >= 4 is 16.7 Å². The summed E-state index contributed by atoms with van der Waals surface area (Å²) in [4.78, 5) is 23.8. The van der Waals surface area contributed by atoms with Gasteiger partial charge in [0.25, 0.3) is 5.69 Å². The van der Waals surface area contributed by atoms with Crippen molar-refractivity contribution in [3.8, 4) is 28.2 Å². The third kappa shape index (κ3) is 2.91. The zero-order valence-corrected chi connectivity index (χ0v) is 14.9. The molecule has 0 saturated heterocycles. The third-order valence-electron chi connectivity index (χ3n) is 4.63. The minimum atomic E-state index is -0.485. The van der Waals surface area contributed by atoms with Crippen LogP contribution in [0.2, 0.25) is 0 Å². The molecule has 0 saturated carbocycles. The number of aromatic hydroxyl groups is 1. The molecule has 1 aromatic heterocycles. The van der Waals surface area contributed by atoms with Crippen LogP contribution in [-0.4, -0.2) is 10.0 Å². The van der Waals surface area contributed by atoms with Gasteiger partial charge in [0.05, 0.1) is 15.9 Å². The first kappa shape index (κ1) is 17.5. The van der Waals surface area contributed by atoms with Gasteiger partial charge in [0.15, 0.2) is 0 Å². The Morgan fingerprint density at radius 2 is 1.71 bits per heavy atom. The van der Waals surface area contributed by atoms with Gasteiger partial charge in [-0.2, -0.15) is 0 Å². The van der Waals surface area contributed by atoms with Crippen LogP contribution in [0.15, 0.2) is 75.9 Å². The van der Waals surface area contributed by atoms with Crippen LogP contribution in [0, 0.1) is 17.0 Å². The number of rotatable bonds is 3. The van der Waals surface area contributed by atoms with E-state index in [1.165, 1.54) is 30.3 Å². The number of nitro benzene ring substituents is 1. The summed E-state index contributed by atoms with van der Waals surface area (Å²) in [6, 6.07) is 17.6. The molecule has 0 spiro atoms. The zero-order valence-electron chi connectivity index (χ0n) is 14.9. The number of fused-ring (bicyclic) bond motifs is 1. The highest BCUT2D eigenvalue weighted by atomic mass is 16.6. The molecule has 1 heterocycles. The lowest BCUT2D eigenvalue weighted by Gasteiger charge is -2.12. The lowest BCUT2D eigenvalue weighted by atomic mass is 9.95. The van der Waals surface area contributed by atoms with Crippen molar-refractivity contribution in [1.29, 1.82) is 0 Å². The molecule has 3 aromatic carbocycles. The molecule has 0 aliphatic heterocycles. The summed E-state index contributed by atoms with van der Waals surface area (Å²) in [5.41, 5.74) is 2.49. The van der Waals surface area contributed by atoms with E-state index in [0.717, 1.165) is 11.1 Å². The Morgan fingerprint density at radius 3 is 2.39 bits per heavy atom. The second-order valence-electron chi connectivity index (χ2n) is 6.43. The Labute approximate surface area is 159 Å². The topological polar surface area (TPSA) is 93.6 Å². The zero-order chi connectivity index (χ0) is 19.8. The first-order valence-electron chi connectivity index (χ1n) is 8.56. The van der Waals surface area contributed by atoms with Crippen molar-refractivity contribution in [2.24, 2.45) is 0 Å². The van der Waals surface area contributed by atoms with Crippen molar-refractivity contribution in [3.63, 3.8) is 0 Å². The monoisotopic (exact) mass is 373 g/mol. The van der Waals surface area contributed by atoms with Gasteiger partial charge in [-0.1, -0.05) is 24.3 Å². The van der Waals surface area contributed by atoms with Gasteiger partial charge >= 0.3 is 0 Å². The molecule has 28 heavy (non-hydrogen) atoms. The maximum Gasteiger partial charge on any atom is 0.269 e. The van der Waals surface area contributed by atoms with Gasteiger partial charge < -0.3 is 9.52 Å². The van der Waals surface area contributed by atoms with Gasteiger partial charge in [0.2, 0.25) is 5.43 Å². The molecular formula is C22H15NO5. The summed E-state index contributed by atoms with van der Waals surface area (Å²) in [5.74, 6) is 0.279. The first-order valence-corrected chi connectivity index (χ1v) is 8.56. The van der Waals surface area contributed by atoms with Gasteiger partial charge in [-0.05, 0) is 42.3 Å². The molecule has 0 radical (unpaired) electrons. The second kappa shape index (κ2) is 6.66. The molecule has 4 aromatic rings. The number of hydrogen-bond acceptors (Lipinski definition) is 5. The molecular weight excluding hydrogens is 358 g/mol. The van der Waals surface area contributed by atoms with Crippen LogP contribution >= 0.6 is 0 Å². The maximum absolute atomic E-state index is 13.3. The van der Waals surface area contributed by atoms with E-state index in [-0.39, 0.29) is 22.4 Å². The molecule has 0 aliphatic carbocycles. The van der Waals surface area contributed by atoms with Crippen LogP contribution in [0.1, 0.15) is 5.56 Å². The van der Waals surface area contributed by atoms with E-state index in [1.807, 2.05) is 31.2 Å². The predicted octanol–water partition coefficient (Wildman–Crippen LogP) is 5.05. The number of benzene rings is 3. The average molecular weight is 373 g/mol. The SMILES string of the molecule is Cc1ccccc1-c1c(-c2ccc([N+](=O)[O-])cc2)oc2cc(O)ccc2c1=O. The second-order valence-corrected chi connectivity index (χ2v) is 6.43. The van der Waals surface area contributed by atoms with Crippen LogP contribution in [0.3, 0.4) is 0 Å². The highest BCUT2D eigenvalue weighted by Gasteiger charge is 2.20. The highest BCUT2D eigenvalue weighted by molar-refractivity contribution is 5.90. The average Bonchev–Trinajstić information content (AvgIpc) is 2.68. The fourth-order valence-electron chi connectivity index (χ4n) is 3.22. The Kier molecular flexibility index (Phi) is 4.16. The largest absolute Gasteiger partial charge is 0.508 e. The van der Waals surface area contributed by atoms with Crippen molar-refractivity contribution in [2.45, 2.75) is 6.92 Å². The van der Waals surface area contributed by atoms with Crippen LogP contribution < -0.4 is 5.43 Å². The van der Waals surface area contributed by atoms with E-state index in [0.29, 0.717) is 22.3 Å². The maximum atomic E-state index is 13.3.